The molecule has 0 radical (unpaired) electrons. The summed E-state index contributed by atoms with van der Waals surface area (Å²) in [7, 11) is 0. The third-order valence-corrected chi connectivity index (χ3v) is 3.31. The van der Waals surface area contributed by atoms with E-state index in [1.54, 1.807) is 19.9 Å². The molecule has 94 valence electrons. The summed E-state index contributed by atoms with van der Waals surface area (Å²) >= 11 is 3.30. The molecular weight excluding hydrogens is 287 g/mol. The molecule has 0 atom stereocenters. The molecule has 0 N–H and O–H groups in total. The quantitative estimate of drug-likeness (QED) is 0.832. The smallest absolute Gasteiger partial charge is 0.168 e. The van der Waals surface area contributed by atoms with E-state index < -0.39 is 5.60 Å². The molecule has 0 amide bonds. The normalized spacial score (nSPS) is 11.6. The molecule has 17 heavy (non-hydrogen) atoms. The van der Waals surface area contributed by atoms with Gasteiger partial charge in [0.25, 0.3) is 0 Å². The molecule has 0 aliphatic rings. The minimum absolute atomic E-state index is 0.0642. The van der Waals surface area contributed by atoms with Crippen LogP contribution in [-0.4, -0.2) is 18.0 Å². The Kier molecular flexibility index (Phi) is 4.83. The third-order valence-electron chi connectivity index (χ3n) is 2.54. The van der Waals surface area contributed by atoms with Crippen molar-refractivity contribution in [1.29, 1.82) is 0 Å². The van der Waals surface area contributed by atoms with Crippen LogP contribution in [0.25, 0.3) is 0 Å². The Hall–Kier alpha value is -0.740. The van der Waals surface area contributed by atoms with Crippen LogP contribution in [0.3, 0.4) is 0 Å². The average molecular weight is 303 g/mol. The molecule has 0 heterocycles. The Morgan fingerprint density at radius 1 is 1.47 bits per heavy atom. The summed E-state index contributed by atoms with van der Waals surface area (Å²) in [5, 5.41) is 0. The Balaban J connectivity index is 2.84. The topological polar surface area (TPSA) is 26.3 Å². The Morgan fingerprint density at radius 3 is 2.71 bits per heavy atom. The van der Waals surface area contributed by atoms with Gasteiger partial charge in [0, 0.05) is 17.5 Å². The maximum atomic E-state index is 13.1. The van der Waals surface area contributed by atoms with Gasteiger partial charge in [-0.3, -0.25) is 4.79 Å². The van der Waals surface area contributed by atoms with Gasteiger partial charge in [0.2, 0.25) is 0 Å². The van der Waals surface area contributed by atoms with Crippen LogP contribution in [0.4, 0.5) is 4.39 Å². The Bertz CT molecular complexity index is 416. The molecule has 2 nitrogen and oxygen atoms in total. The van der Waals surface area contributed by atoms with Crippen LogP contribution < -0.4 is 0 Å². The number of ketones is 1. The first-order chi connectivity index (χ1) is 7.86. The molecular formula is C13H16BrFO2. The first-order valence-electron chi connectivity index (χ1n) is 5.48. The van der Waals surface area contributed by atoms with Gasteiger partial charge in [-0.25, -0.2) is 4.39 Å². The van der Waals surface area contributed by atoms with Gasteiger partial charge in [0.15, 0.2) is 5.78 Å². The number of carbonyl (C=O) groups is 1. The average Bonchev–Trinajstić information content (AvgIpc) is 2.23. The minimum atomic E-state index is -0.833. The van der Waals surface area contributed by atoms with Crippen molar-refractivity contribution < 1.29 is 13.9 Å². The van der Waals surface area contributed by atoms with E-state index in [2.05, 4.69) is 15.9 Å². The van der Waals surface area contributed by atoms with Crippen molar-refractivity contribution in [3.8, 4) is 0 Å². The summed E-state index contributed by atoms with van der Waals surface area (Å²) in [6.07, 6.45) is 0.158. The van der Waals surface area contributed by atoms with E-state index in [1.807, 2.05) is 6.92 Å². The molecule has 0 fully saturated rings. The fourth-order valence-electron chi connectivity index (χ4n) is 1.51. The van der Waals surface area contributed by atoms with E-state index in [0.717, 1.165) is 4.47 Å². The second-order valence-corrected chi connectivity index (χ2v) is 5.13. The van der Waals surface area contributed by atoms with Crippen molar-refractivity contribution >= 4 is 21.7 Å². The van der Waals surface area contributed by atoms with Crippen molar-refractivity contribution in [3.63, 3.8) is 0 Å². The SMILES string of the molecule is CCOC(C)(C)C(=O)Cc1cc(F)ccc1Br. The van der Waals surface area contributed by atoms with Gasteiger partial charge in [0.1, 0.15) is 11.4 Å². The van der Waals surface area contributed by atoms with E-state index in [0.29, 0.717) is 12.2 Å². The molecule has 1 aromatic rings. The highest BCUT2D eigenvalue weighted by atomic mass is 79.9. The van der Waals surface area contributed by atoms with Gasteiger partial charge in [0.05, 0.1) is 0 Å². The highest BCUT2D eigenvalue weighted by Crippen LogP contribution is 2.21. The molecule has 0 unspecified atom stereocenters. The fraction of sp³-hybridized carbons (Fsp3) is 0.462. The summed E-state index contributed by atoms with van der Waals surface area (Å²) in [6, 6.07) is 4.32. The monoisotopic (exact) mass is 302 g/mol. The lowest BCUT2D eigenvalue weighted by Crippen LogP contribution is -2.36. The molecule has 4 heteroatoms. The van der Waals surface area contributed by atoms with Crippen LogP contribution in [0.15, 0.2) is 22.7 Å². The molecule has 0 aromatic heterocycles. The number of carbonyl (C=O) groups excluding carboxylic acids is 1. The van der Waals surface area contributed by atoms with Crippen molar-refractivity contribution in [3.05, 3.63) is 34.1 Å². The lowest BCUT2D eigenvalue weighted by molar-refractivity contribution is -0.139. The number of benzene rings is 1. The molecule has 1 rings (SSSR count). The van der Waals surface area contributed by atoms with Gasteiger partial charge >= 0.3 is 0 Å². The van der Waals surface area contributed by atoms with E-state index in [9.17, 15) is 9.18 Å². The van der Waals surface area contributed by atoms with E-state index in [-0.39, 0.29) is 18.0 Å². The lowest BCUT2D eigenvalue weighted by Gasteiger charge is -2.23. The summed E-state index contributed by atoms with van der Waals surface area (Å²) in [6.45, 7) is 5.77. The van der Waals surface area contributed by atoms with Crippen LogP contribution in [0.5, 0.6) is 0 Å². The number of hydrogen-bond acceptors (Lipinski definition) is 2. The van der Waals surface area contributed by atoms with Gasteiger partial charge in [-0.2, -0.15) is 0 Å². The summed E-state index contributed by atoms with van der Waals surface area (Å²) in [5.74, 6) is -0.407. The van der Waals surface area contributed by atoms with Crippen molar-refractivity contribution in [2.24, 2.45) is 0 Å². The molecule has 0 aliphatic heterocycles. The molecule has 0 aliphatic carbocycles. The standard InChI is InChI=1S/C13H16BrFO2/c1-4-17-13(2,3)12(16)8-9-7-10(15)5-6-11(9)14/h5-7H,4,8H2,1-3H3. The van der Waals surface area contributed by atoms with Crippen molar-refractivity contribution in [2.75, 3.05) is 6.61 Å². The summed E-state index contributed by atoms with van der Waals surface area (Å²) < 4.78 is 19.2. The highest BCUT2D eigenvalue weighted by Gasteiger charge is 2.28. The maximum absolute atomic E-state index is 13.1. The second kappa shape index (κ2) is 5.74. The molecule has 0 spiro atoms. The zero-order valence-electron chi connectivity index (χ0n) is 10.2. The van der Waals surface area contributed by atoms with Gasteiger partial charge in [-0.05, 0) is 44.5 Å². The van der Waals surface area contributed by atoms with Crippen LogP contribution >= 0.6 is 15.9 Å². The summed E-state index contributed by atoms with van der Waals surface area (Å²) in [4.78, 5) is 12.0. The predicted molar refractivity (Wildman–Crippen MR) is 68.5 cm³/mol. The van der Waals surface area contributed by atoms with Gasteiger partial charge < -0.3 is 4.74 Å². The number of halogens is 2. The zero-order chi connectivity index (χ0) is 13.1. The predicted octanol–water partition coefficient (Wildman–Crippen LogP) is 3.51. The van der Waals surface area contributed by atoms with E-state index >= 15 is 0 Å². The van der Waals surface area contributed by atoms with E-state index in [4.69, 9.17) is 4.74 Å². The fourth-order valence-corrected chi connectivity index (χ4v) is 1.89. The van der Waals surface area contributed by atoms with Crippen molar-refractivity contribution in [1.82, 2.24) is 0 Å². The largest absolute Gasteiger partial charge is 0.368 e. The minimum Gasteiger partial charge on any atom is -0.368 e. The number of Topliss-reactive ketones (excluding diaryl/α,β-unsaturated/α-hetero) is 1. The Morgan fingerprint density at radius 2 is 2.12 bits per heavy atom. The second-order valence-electron chi connectivity index (χ2n) is 4.28. The first-order valence-corrected chi connectivity index (χ1v) is 6.27. The molecule has 1 aromatic carbocycles. The molecule has 0 saturated heterocycles. The number of rotatable bonds is 5. The Labute approximate surface area is 109 Å². The van der Waals surface area contributed by atoms with Gasteiger partial charge in [-0.1, -0.05) is 15.9 Å². The zero-order valence-corrected chi connectivity index (χ0v) is 11.8. The van der Waals surface area contributed by atoms with Crippen LogP contribution in [0, 0.1) is 5.82 Å². The number of hydrogen-bond donors (Lipinski definition) is 0. The molecule has 0 bridgehead atoms. The van der Waals surface area contributed by atoms with Gasteiger partial charge in [-0.15, -0.1) is 0 Å². The number of ether oxygens (including phenoxy) is 1. The summed E-state index contributed by atoms with van der Waals surface area (Å²) in [5.41, 5.74) is -0.191. The van der Waals surface area contributed by atoms with E-state index in [1.165, 1.54) is 12.1 Å². The molecule has 0 saturated carbocycles. The van der Waals surface area contributed by atoms with Crippen LogP contribution in [0.2, 0.25) is 0 Å². The maximum Gasteiger partial charge on any atom is 0.168 e. The third kappa shape index (κ3) is 3.89. The van der Waals surface area contributed by atoms with Crippen molar-refractivity contribution in [2.45, 2.75) is 32.8 Å². The first kappa shape index (κ1) is 14.3. The highest BCUT2D eigenvalue weighted by molar-refractivity contribution is 9.10. The van der Waals surface area contributed by atoms with Crippen LogP contribution in [0.1, 0.15) is 26.3 Å². The van der Waals surface area contributed by atoms with Crippen LogP contribution in [-0.2, 0) is 16.0 Å². The lowest BCUT2D eigenvalue weighted by atomic mass is 9.97.